The Hall–Kier alpha value is -0.280. The van der Waals surface area contributed by atoms with Crippen LogP contribution in [0.4, 0.5) is 0 Å². The molecule has 0 bridgehead atoms. The number of rotatable bonds is 9. The Balaban J connectivity index is 2.49. The summed E-state index contributed by atoms with van der Waals surface area (Å²) in [6, 6.07) is 0. The highest BCUT2D eigenvalue weighted by Gasteiger charge is 2.42. The first-order valence-electron chi connectivity index (χ1n) is 7.61. The van der Waals surface area contributed by atoms with Gasteiger partial charge in [0, 0.05) is 28.3 Å². The lowest BCUT2D eigenvalue weighted by molar-refractivity contribution is -0.149. The normalized spacial score (nSPS) is 28.4. The average Bonchev–Trinajstić information content (AvgIpc) is 2.72. The SMILES string of the molecule is COPC[C@H](C)C/C=C\C(C)[C@H]1OC(C)(C)O[C@H]1CC=O. The summed E-state index contributed by atoms with van der Waals surface area (Å²) in [5.41, 5.74) is 0. The molecule has 0 radical (unpaired) electrons. The molecule has 0 aromatic rings. The van der Waals surface area contributed by atoms with Gasteiger partial charge in [-0.2, -0.15) is 0 Å². The van der Waals surface area contributed by atoms with Crippen molar-refractivity contribution >= 4 is 15.1 Å². The second-order valence-corrected chi connectivity index (χ2v) is 7.33. The van der Waals surface area contributed by atoms with Gasteiger partial charge in [-0.15, -0.1) is 0 Å². The standard InChI is InChI=1S/C16H29O4P/c1-12(11-21-18-5)7-6-8-13(2)15-14(9-10-17)19-16(3,4)20-15/h6,8,10,12-15,21H,7,9,11H2,1-5H3/b8-6-/t12-,13?,14+,15-/m1/s1. The molecule has 0 N–H and O–H groups in total. The summed E-state index contributed by atoms with van der Waals surface area (Å²) in [6.07, 6.45) is 7.61. The van der Waals surface area contributed by atoms with Crippen molar-refractivity contribution in [2.45, 2.75) is 58.5 Å². The molecule has 1 aliphatic rings. The van der Waals surface area contributed by atoms with Gasteiger partial charge in [-0.05, 0) is 32.3 Å². The number of hydrogen-bond acceptors (Lipinski definition) is 4. The van der Waals surface area contributed by atoms with Crippen molar-refractivity contribution in [3.8, 4) is 0 Å². The van der Waals surface area contributed by atoms with E-state index in [0.717, 1.165) is 18.9 Å². The molecule has 122 valence electrons. The molecule has 0 aromatic heterocycles. The maximum atomic E-state index is 10.8. The van der Waals surface area contributed by atoms with E-state index in [1.54, 1.807) is 7.11 Å². The molecule has 1 rings (SSSR count). The van der Waals surface area contributed by atoms with E-state index in [2.05, 4.69) is 26.0 Å². The Morgan fingerprint density at radius 2 is 2.05 bits per heavy atom. The Morgan fingerprint density at radius 1 is 1.33 bits per heavy atom. The molecule has 1 fully saturated rings. The number of carbonyl (C=O) groups is 1. The lowest BCUT2D eigenvalue weighted by Gasteiger charge is -2.20. The zero-order valence-electron chi connectivity index (χ0n) is 13.8. The molecule has 0 aromatic carbocycles. The monoisotopic (exact) mass is 316 g/mol. The second-order valence-electron chi connectivity index (χ2n) is 6.22. The Morgan fingerprint density at radius 3 is 2.67 bits per heavy atom. The third-order valence-corrected chi connectivity index (χ3v) is 4.77. The molecular weight excluding hydrogens is 287 g/mol. The second kappa shape index (κ2) is 8.99. The van der Waals surface area contributed by atoms with Crippen LogP contribution in [0.25, 0.3) is 0 Å². The van der Waals surface area contributed by atoms with Crippen LogP contribution in [-0.2, 0) is 18.8 Å². The molecule has 1 aliphatic heterocycles. The van der Waals surface area contributed by atoms with Crippen molar-refractivity contribution in [3.05, 3.63) is 12.2 Å². The summed E-state index contributed by atoms with van der Waals surface area (Å²) < 4.78 is 16.9. The van der Waals surface area contributed by atoms with Gasteiger partial charge in [-0.3, -0.25) is 0 Å². The smallest absolute Gasteiger partial charge is 0.163 e. The van der Waals surface area contributed by atoms with Crippen LogP contribution in [0.15, 0.2) is 12.2 Å². The van der Waals surface area contributed by atoms with Crippen LogP contribution in [0.5, 0.6) is 0 Å². The van der Waals surface area contributed by atoms with Gasteiger partial charge in [0.15, 0.2) is 5.79 Å². The van der Waals surface area contributed by atoms with Gasteiger partial charge >= 0.3 is 0 Å². The number of hydrogen-bond donors (Lipinski definition) is 0. The predicted molar refractivity (Wildman–Crippen MR) is 86.8 cm³/mol. The molecule has 2 unspecified atom stereocenters. The first kappa shape index (κ1) is 18.8. The molecule has 0 spiro atoms. The van der Waals surface area contributed by atoms with Crippen molar-refractivity contribution < 1.29 is 18.8 Å². The van der Waals surface area contributed by atoms with E-state index in [1.807, 2.05) is 13.8 Å². The van der Waals surface area contributed by atoms with Crippen LogP contribution in [0.1, 0.15) is 40.5 Å². The molecular formula is C16H29O4P. The zero-order chi connectivity index (χ0) is 15.9. The first-order chi connectivity index (χ1) is 9.89. The van der Waals surface area contributed by atoms with E-state index in [4.69, 9.17) is 14.0 Å². The maximum Gasteiger partial charge on any atom is 0.163 e. The molecule has 0 aliphatic carbocycles. The summed E-state index contributed by atoms with van der Waals surface area (Å²) >= 11 is 0. The van der Waals surface area contributed by atoms with Gasteiger partial charge in [0.05, 0.1) is 12.2 Å². The zero-order valence-corrected chi connectivity index (χ0v) is 14.8. The van der Waals surface area contributed by atoms with Gasteiger partial charge in [-0.25, -0.2) is 0 Å². The molecule has 4 nitrogen and oxygen atoms in total. The van der Waals surface area contributed by atoms with Gasteiger partial charge in [-0.1, -0.05) is 26.0 Å². The molecule has 0 amide bonds. The predicted octanol–water partition coefficient (Wildman–Crippen LogP) is 3.55. The summed E-state index contributed by atoms with van der Waals surface area (Å²) in [4.78, 5) is 10.8. The van der Waals surface area contributed by atoms with Gasteiger partial charge in [0.1, 0.15) is 6.29 Å². The van der Waals surface area contributed by atoms with E-state index in [1.165, 1.54) is 0 Å². The van der Waals surface area contributed by atoms with E-state index in [0.29, 0.717) is 21.1 Å². The minimum Gasteiger partial charge on any atom is -0.366 e. The van der Waals surface area contributed by atoms with E-state index in [-0.39, 0.29) is 18.1 Å². The van der Waals surface area contributed by atoms with Crippen LogP contribution in [0.2, 0.25) is 0 Å². The van der Waals surface area contributed by atoms with Crippen LogP contribution in [0.3, 0.4) is 0 Å². The minimum atomic E-state index is -0.604. The lowest BCUT2D eigenvalue weighted by Crippen LogP contribution is -2.28. The fourth-order valence-corrected chi connectivity index (χ4v) is 3.15. The topological polar surface area (TPSA) is 44.8 Å². The Bertz CT molecular complexity index is 343. The van der Waals surface area contributed by atoms with E-state index < -0.39 is 5.79 Å². The van der Waals surface area contributed by atoms with E-state index >= 15 is 0 Å². The highest BCUT2D eigenvalue weighted by atomic mass is 31.1. The maximum absolute atomic E-state index is 10.8. The number of allylic oxidation sites excluding steroid dienone is 1. The first-order valence-corrected chi connectivity index (χ1v) is 8.73. The van der Waals surface area contributed by atoms with Crippen molar-refractivity contribution in [3.63, 3.8) is 0 Å². The molecule has 0 saturated carbocycles. The fourth-order valence-electron chi connectivity index (χ4n) is 2.53. The van der Waals surface area contributed by atoms with E-state index in [9.17, 15) is 4.79 Å². The molecule has 21 heavy (non-hydrogen) atoms. The minimum absolute atomic E-state index is 0.0578. The summed E-state index contributed by atoms with van der Waals surface area (Å²) in [7, 11) is 2.32. The van der Waals surface area contributed by atoms with Crippen LogP contribution < -0.4 is 0 Å². The van der Waals surface area contributed by atoms with Gasteiger partial charge in [0.2, 0.25) is 0 Å². The summed E-state index contributed by atoms with van der Waals surface area (Å²) in [6.45, 7) is 8.14. The van der Waals surface area contributed by atoms with Crippen molar-refractivity contribution in [1.82, 2.24) is 0 Å². The molecule has 5 atom stereocenters. The molecule has 1 heterocycles. The summed E-state index contributed by atoms with van der Waals surface area (Å²) in [5, 5.41) is 0. The Labute approximate surface area is 130 Å². The number of ether oxygens (including phenoxy) is 2. The van der Waals surface area contributed by atoms with Crippen LogP contribution in [0, 0.1) is 11.8 Å². The van der Waals surface area contributed by atoms with Crippen molar-refractivity contribution in [2.75, 3.05) is 13.3 Å². The number of aldehydes is 1. The largest absolute Gasteiger partial charge is 0.366 e. The molecule has 5 heteroatoms. The average molecular weight is 316 g/mol. The highest BCUT2D eigenvalue weighted by Crippen LogP contribution is 2.34. The third kappa shape index (κ3) is 6.56. The highest BCUT2D eigenvalue weighted by molar-refractivity contribution is 7.32. The van der Waals surface area contributed by atoms with Crippen LogP contribution >= 0.6 is 8.81 Å². The van der Waals surface area contributed by atoms with Gasteiger partial charge < -0.3 is 18.8 Å². The quantitative estimate of drug-likeness (QED) is 0.371. The third-order valence-electron chi connectivity index (χ3n) is 3.62. The fraction of sp³-hybridized carbons (Fsp3) is 0.812. The van der Waals surface area contributed by atoms with Crippen LogP contribution in [-0.4, -0.2) is 37.6 Å². The lowest BCUT2D eigenvalue weighted by atomic mass is 9.97. The Kier molecular flexibility index (Phi) is 8.04. The van der Waals surface area contributed by atoms with Crippen molar-refractivity contribution in [2.24, 2.45) is 11.8 Å². The summed E-state index contributed by atoms with van der Waals surface area (Å²) in [5.74, 6) is 0.247. The van der Waals surface area contributed by atoms with Crippen molar-refractivity contribution in [1.29, 1.82) is 0 Å². The number of carbonyl (C=O) groups excluding carboxylic acids is 1. The van der Waals surface area contributed by atoms with Gasteiger partial charge in [0.25, 0.3) is 0 Å². The molecule has 1 saturated heterocycles.